The lowest BCUT2D eigenvalue weighted by atomic mass is 9.69. The predicted octanol–water partition coefficient (Wildman–Crippen LogP) is 0.674. The third-order valence-corrected chi connectivity index (χ3v) is 3.22. The quantitative estimate of drug-likeness (QED) is 0.495. The molecule has 1 atom stereocenters. The lowest BCUT2D eigenvalue weighted by molar-refractivity contribution is -0.140. The fourth-order valence-corrected chi connectivity index (χ4v) is 1.25. The molecule has 0 aliphatic carbocycles. The minimum atomic E-state index is -0.630. The first-order valence-electron chi connectivity index (χ1n) is 3.94. The van der Waals surface area contributed by atoms with Gasteiger partial charge in [0.1, 0.15) is 16.8 Å². The van der Waals surface area contributed by atoms with Crippen LogP contribution in [0.4, 0.5) is 0 Å². The van der Waals surface area contributed by atoms with Gasteiger partial charge in [0, 0.05) is 5.41 Å². The zero-order valence-electron chi connectivity index (χ0n) is 8.43. The van der Waals surface area contributed by atoms with Crippen molar-refractivity contribution in [3.63, 3.8) is 0 Å². The first kappa shape index (κ1) is 11.1. The van der Waals surface area contributed by atoms with E-state index in [1.807, 2.05) is 13.8 Å². The number of aliphatic hydroxyl groups excluding tert-OH is 1. The molecule has 0 aromatic carbocycles. The molecule has 0 spiro atoms. The Kier molecular flexibility index (Phi) is 3.29. The van der Waals surface area contributed by atoms with Crippen molar-refractivity contribution in [2.75, 3.05) is 0 Å². The summed E-state index contributed by atoms with van der Waals surface area (Å²) in [5.74, 6) is 0. The molecule has 0 saturated heterocycles. The molecule has 0 bridgehead atoms. The Labute approximate surface area is 72.5 Å². The molecule has 68 valence electrons. The van der Waals surface area contributed by atoms with E-state index in [0.717, 1.165) is 0 Å². The van der Waals surface area contributed by atoms with Gasteiger partial charge in [0.2, 0.25) is 0 Å². The Balaban J connectivity index is 4.45. The topological polar surface area (TPSA) is 29.5 Å². The number of hydrogen-bond acceptors (Lipinski definition) is 2. The summed E-state index contributed by atoms with van der Waals surface area (Å²) in [6.45, 7) is 10.4. The van der Waals surface area contributed by atoms with Crippen molar-refractivity contribution in [3.8, 4) is 0 Å². The summed E-state index contributed by atoms with van der Waals surface area (Å²) in [7, 11) is 0.587. The van der Waals surface area contributed by atoms with E-state index in [4.69, 9.17) is 4.43 Å². The number of aliphatic hydroxyl groups is 1. The molecule has 2 nitrogen and oxygen atoms in total. The van der Waals surface area contributed by atoms with Crippen LogP contribution < -0.4 is 0 Å². The fraction of sp³-hybridized carbons (Fsp3) is 1.00. The largest absolute Gasteiger partial charge is 0.404 e. The summed E-state index contributed by atoms with van der Waals surface area (Å²) in [6.07, 6.45) is -0.630. The normalized spacial score (nSPS) is 16.9. The number of rotatable bonds is 2. The highest BCUT2D eigenvalue weighted by Crippen LogP contribution is 2.40. The van der Waals surface area contributed by atoms with Crippen molar-refractivity contribution < 1.29 is 9.53 Å². The molecular formula is C8H20O2Si. The van der Waals surface area contributed by atoms with Crippen LogP contribution >= 0.6 is 0 Å². The number of hydrogen-bond donors (Lipinski definition) is 1. The Hall–Kier alpha value is 0.137. The molecule has 11 heavy (non-hydrogen) atoms. The Bertz CT molecular complexity index is 127. The van der Waals surface area contributed by atoms with E-state index in [0.29, 0.717) is 10.5 Å². The van der Waals surface area contributed by atoms with Crippen LogP contribution in [-0.2, 0) is 4.43 Å². The Morgan fingerprint density at radius 3 is 1.64 bits per heavy atom. The summed E-state index contributed by atoms with van der Waals surface area (Å²) in [6, 6.07) is 0. The van der Waals surface area contributed by atoms with E-state index in [1.54, 1.807) is 0 Å². The second-order valence-electron chi connectivity index (χ2n) is 4.56. The molecule has 0 aliphatic rings. The minimum Gasteiger partial charge on any atom is -0.404 e. The van der Waals surface area contributed by atoms with Crippen LogP contribution in [0.2, 0.25) is 0 Å². The van der Waals surface area contributed by atoms with E-state index in [9.17, 15) is 5.11 Å². The van der Waals surface area contributed by atoms with Crippen LogP contribution in [0.5, 0.6) is 0 Å². The molecule has 0 aromatic heterocycles. The van der Waals surface area contributed by atoms with Crippen molar-refractivity contribution in [2.45, 2.75) is 40.9 Å². The highest BCUT2D eigenvalue weighted by Gasteiger charge is 2.39. The third kappa shape index (κ3) is 2.29. The highest BCUT2D eigenvalue weighted by atomic mass is 28.2. The second kappa shape index (κ2) is 3.25. The van der Waals surface area contributed by atoms with Gasteiger partial charge in [-0.2, -0.15) is 0 Å². The maximum atomic E-state index is 9.53. The molecule has 0 fully saturated rings. The highest BCUT2D eigenvalue weighted by molar-refractivity contribution is 5.98. The van der Waals surface area contributed by atoms with Gasteiger partial charge in [-0.15, -0.1) is 0 Å². The van der Waals surface area contributed by atoms with Gasteiger partial charge in [-0.1, -0.05) is 34.6 Å². The van der Waals surface area contributed by atoms with E-state index < -0.39 is 6.29 Å². The molecule has 1 unspecified atom stereocenters. The summed E-state index contributed by atoms with van der Waals surface area (Å²) in [4.78, 5) is 0. The smallest absolute Gasteiger partial charge is 0.149 e. The maximum absolute atomic E-state index is 9.53. The minimum absolute atomic E-state index is 0.0663. The van der Waals surface area contributed by atoms with Crippen molar-refractivity contribution in [1.29, 1.82) is 0 Å². The van der Waals surface area contributed by atoms with Crippen molar-refractivity contribution in [1.82, 2.24) is 0 Å². The average Bonchev–Trinajstić information content (AvgIpc) is 1.83. The van der Waals surface area contributed by atoms with Crippen molar-refractivity contribution in [3.05, 3.63) is 0 Å². The van der Waals surface area contributed by atoms with Crippen molar-refractivity contribution in [2.24, 2.45) is 10.8 Å². The zero-order chi connectivity index (χ0) is 9.28. The van der Waals surface area contributed by atoms with Crippen LogP contribution in [-0.4, -0.2) is 21.9 Å². The van der Waals surface area contributed by atoms with E-state index in [1.165, 1.54) is 0 Å². The van der Waals surface area contributed by atoms with Crippen LogP contribution in [0.15, 0.2) is 0 Å². The molecule has 0 radical (unpaired) electrons. The first-order chi connectivity index (χ1) is 4.73. The fourth-order valence-electron chi connectivity index (χ4n) is 0.665. The van der Waals surface area contributed by atoms with Crippen LogP contribution in [0.1, 0.15) is 34.6 Å². The average molecular weight is 176 g/mol. The predicted molar refractivity (Wildman–Crippen MR) is 50.3 cm³/mol. The second-order valence-corrected chi connectivity index (χ2v) is 5.03. The van der Waals surface area contributed by atoms with Gasteiger partial charge in [-0.05, 0) is 5.41 Å². The van der Waals surface area contributed by atoms with Crippen LogP contribution in [0.3, 0.4) is 0 Å². The molecule has 0 amide bonds. The van der Waals surface area contributed by atoms with E-state index in [2.05, 4.69) is 20.8 Å². The maximum Gasteiger partial charge on any atom is 0.149 e. The summed E-state index contributed by atoms with van der Waals surface area (Å²) < 4.78 is 5.04. The Morgan fingerprint density at radius 1 is 1.18 bits per heavy atom. The zero-order valence-corrected chi connectivity index (χ0v) is 10.4. The van der Waals surface area contributed by atoms with Gasteiger partial charge in [0.25, 0.3) is 0 Å². The van der Waals surface area contributed by atoms with Gasteiger partial charge in [0.15, 0.2) is 0 Å². The molecule has 0 saturated carbocycles. The van der Waals surface area contributed by atoms with Crippen molar-refractivity contribution >= 4 is 10.5 Å². The van der Waals surface area contributed by atoms with Crippen LogP contribution in [0.25, 0.3) is 0 Å². The Morgan fingerprint density at radius 2 is 1.55 bits per heavy atom. The van der Waals surface area contributed by atoms with Gasteiger partial charge < -0.3 is 9.53 Å². The monoisotopic (exact) mass is 176 g/mol. The molecule has 0 aliphatic heterocycles. The molecule has 0 rings (SSSR count). The lowest BCUT2D eigenvalue weighted by Crippen LogP contribution is -2.41. The SMILES string of the molecule is CC(C)(C)C(C)(C)C(O)O[SiH3]. The van der Waals surface area contributed by atoms with Gasteiger partial charge in [-0.3, -0.25) is 0 Å². The molecule has 1 N–H and O–H groups in total. The van der Waals surface area contributed by atoms with Gasteiger partial charge >= 0.3 is 0 Å². The molecule has 0 aromatic rings. The first-order valence-corrected chi connectivity index (χ1v) is 4.76. The molecule has 3 heteroatoms. The molecule has 0 heterocycles. The molecular weight excluding hydrogens is 156 g/mol. The van der Waals surface area contributed by atoms with E-state index in [-0.39, 0.29) is 10.8 Å². The summed E-state index contributed by atoms with van der Waals surface area (Å²) in [5.41, 5.74) is -0.119. The van der Waals surface area contributed by atoms with Crippen LogP contribution in [0, 0.1) is 10.8 Å². The lowest BCUT2D eigenvalue weighted by Gasteiger charge is -2.41. The summed E-state index contributed by atoms with van der Waals surface area (Å²) in [5, 5.41) is 9.53. The van der Waals surface area contributed by atoms with E-state index >= 15 is 0 Å². The third-order valence-electron chi connectivity index (χ3n) is 2.77. The van der Waals surface area contributed by atoms with Gasteiger partial charge in [0.05, 0.1) is 0 Å². The van der Waals surface area contributed by atoms with Gasteiger partial charge in [-0.25, -0.2) is 0 Å². The standard InChI is InChI=1S/C8H20O2Si/c1-7(2,3)8(4,5)6(9)10-11/h6,9H,1-5,11H3. The summed E-state index contributed by atoms with van der Waals surface area (Å²) >= 11 is 0.